The summed E-state index contributed by atoms with van der Waals surface area (Å²) < 4.78 is 6.40. The fourth-order valence-electron chi connectivity index (χ4n) is 1.47. The van der Waals surface area contributed by atoms with E-state index in [1.54, 1.807) is 18.4 Å². The lowest BCUT2D eigenvalue weighted by Gasteiger charge is -2.05. The maximum atomic E-state index is 5.26. The van der Waals surface area contributed by atoms with Crippen LogP contribution in [0.2, 0.25) is 0 Å². The van der Waals surface area contributed by atoms with Crippen LogP contribution in [0, 0.1) is 0 Å². The quantitative estimate of drug-likeness (QED) is 0.789. The molecule has 0 bridgehead atoms. The molecule has 2 N–H and O–H groups in total. The summed E-state index contributed by atoms with van der Waals surface area (Å²) in [5.41, 5.74) is 1.09. The van der Waals surface area contributed by atoms with E-state index in [0.29, 0.717) is 6.61 Å². The highest BCUT2D eigenvalue weighted by molar-refractivity contribution is 7.17. The van der Waals surface area contributed by atoms with Gasteiger partial charge in [-0.2, -0.15) is 0 Å². The van der Waals surface area contributed by atoms with Gasteiger partial charge < -0.3 is 4.74 Å². The fourth-order valence-corrected chi connectivity index (χ4v) is 2.40. The number of fused-ring (bicyclic) bond motifs is 1. The summed E-state index contributed by atoms with van der Waals surface area (Å²) in [6.07, 6.45) is 0. The number of thiophene rings is 1. The van der Waals surface area contributed by atoms with Gasteiger partial charge in [-0.25, -0.2) is 5.90 Å². The number of ether oxygens (including phenoxy) is 1. The van der Waals surface area contributed by atoms with Crippen molar-refractivity contribution in [3.8, 4) is 5.75 Å². The molecule has 0 radical (unpaired) electrons. The van der Waals surface area contributed by atoms with Gasteiger partial charge in [0.15, 0.2) is 0 Å². The van der Waals surface area contributed by atoms with Crippen LogP contribution in [0.4, 0.5) is 0 Å². The highest BCUT2D eigenvalue weighted by Crippen LogP contribution is 2.33. The van der Waals surface area contributed by atoms with Gasteiger partial charge in [-0.05, 0) is 23.1 Å². The molecular formula is C10H11NO2S. The summed E-state index contributed by atoms with van der Waals surface area (Å²) in [7, 11) is 1.67. The zero-order valence-corrected chi connectivity index (χ0v) is 8.64. The Kier molecular flexibility index (Phi) is 2.67. The topological polar surface area (TPSA) is 44.5 Å². The van der Waals surface area contributed by atoms with E-state index >= 15 is 0 Å². The molecule has 1 aromatic heterocycles. The zero-order valence-electron chi connectivity index (χ0n) is 7.82. The van der Waals surface area contributed by atoms with Crippen LogP contribution in [0.15, 0.2) is 23.6 Å². The van der Waals surface area contributed by atoms with Gasteiger partial charge in [0.25, 0.3) is 0 Å². The van der Waals surface area contributed by atoms with Crippen molar-refractivity contribution >= 4 is 21.4 Å². The summed E-state index contributed by atoms with van der Waals surface area (Å²) in [4.78, 5) is 4.64. The first-order valence-corrected chi connectivity index (χ1v) is 5.09. The number of nitrogens with two attached hydrogens (primary N) is 1. The number of hydrogen-bond donors (Lipinski definition) is 1. The minimum Gasteiger partial charge on any atom is -0.495 e. The first-order chi connectivity index (χ1) is 6.86. The van der Waals surface area contributed by atoms with Gasteiger partial charge in [0.1, 0.15) is 5.75 Å². The van der Waals surface area contributed by atoms with Crippen molar-refractivity contribution in [1.82, 2.24) is 0 Å². The molecule has 0 saturated heterocycles. The first-order valence-electron chi connectivity index (χ1n) is 4.21. The number of rotatable bonds is 3. The van der Waals surface area contributed by atoms with E-state index in [1.165, 1.54) is 0 Å². The monoisotopic (exact) mass is 209 g/mol. The molecule has 3 nitrogen and oxygen atoms in total. The van der Waals surface area contributed by atoms with Gasteiger partial charge in [0.05, 0.1) is 18.4 Å². The largest absolute Gasteiger partial charge is 0.495 e. The molecule has 0 aliphatic carbocycles. The lowest BCUT2D eigenvalue weighted by molar-refractivity contribution is 0.125. The van der Waals surface area contributed by atoms with Crippen molar-refractivity contribution in [2.45, 2.75) is 6.61 Å². The van der Waals surface area contributed by atoms with Gasteiger partial charge in [0.2, 0.25) is 0 Å². The van der Waals surface area contributed by atoms with E-state index in [1.807, 2.05) is 17.5 Å². The van der Waals surface area contributed by atoms with Crippen LogP contribution >= 0.6 is 11.3 Å². The molecule has 1 heterocycles. The van der Waals surface area contributed by atoms with Crippen molar-refractivity contribution in [1.29, 1.82) is 0 Å². The molecule has 2 aromatic rings. The Balaban J connectivity index is 2.59. The van der Waals surface area contributed by atoms with E-state index in [-0.39, 0.29) is 0 Å². The number of benzene rings is 1. The second-order valence-electron chi connectivity index (χ2n) is 2.90. The normalized spacial score (nSPS) is 10.7. The molecule has 0 saturated carbocycles. The van der Waals surface area contributed by atoms with Gasteiger partial charge in [0, 0.05) is 5.39 Å². The van der Waals surface area contributed by atoms with Crippen LogP contribution < -0.4 is 10.6 Å². The molecule has 0 aliphatic heterocycles. The molecule has 0 unspecified atom stereocenters. The van der Waals surface area contributed by atoms with Crippen molar-refractivity contribution in [3.63, 3.8) is 0 Å². The van der Waals surface area contributed by atoms with Gasteiger partial charge in [-0.3, -0.25) is 4.84 Å². The number of hydrogen-bond acceptors (Lipinski definition) is 4. The summed E-state index contributed by atoms with van der Waals surface area (Å²) >= 11 is 1.66. The molecule has 0 fully saturated rings. The third kappa shape index (κ3) is 1.48. The third-order valence-electron chi connectivity index (χ3n) is 2.13. The van der Waals surface area contributed by atoms with Crippen molar-refractivity contribution in [3.05, 3.63) is 29.1 Å². The summed E-state index contributed by atoms with van der Waals surface area (Å²) in [5.74, 6) is 5.96. The lowest BCUT2D eigenvalue weighted by atomic mass is 10.1. The standard InChI is InChI=1S/C10H11NO2S/c1-12-9-3-2-7(6-13-11)8-4-5-14-10(8)9/h2-5H,6,11H2,1H3. The second kappa shape index (κ2) is 3.96. The Hall–Kier alpha value is -1.10. The lowest BCUT2D eigenvalue weighted by Crippen LogP contribution is -1.99. The maximum Gasteiger partial charge on any atom is 0.136 e. The van der Waals surface area contributed by atoms with E-state index < -0.39 is 0 Å². The van der Waals surface area contributed by atoms with Crippen LogP contribution in [0.3, 0.4) is 0 Å². The molecule has 14 heavy (non-hydrogen) atoms. The molecule has 0 amide bonds. The van der Waals surface area contributed by atoms with Crippen LogP contribution in [0.5, 0.6) is 5.75 Å². The van der Waals surface area contributed by atoms with Crippen molar-refractivity contribution in [2.24, 2.45) is 5.90 Å². The summed E-state index contributed by atoms with van der Waals surface area (Å²) in [6.45, 7) is 0.428. The first kappa shape index (κ1) is 9.45. The van der Waals surface area contributed by atoms with Gasteiger partial charge >= 0.3 is 0 Å². The molecule has 2 rings (SSSR count). The van der Waals surface area contributed by atoms with Crippen molar-refractivity contribution < 1.29 is 9.57 Å². The Morgan fingerprint density at radius 1 is 1.36 bits per heavy atom. The van der Waals surface area contributed by atoms with E-state index in [9.17, 15) is 0 Å². The average Bonchev–Trinajstić information content (AvgIpc) is 2.67. The second-order valence-corrected chi connectivity index (χ2v) is 3.82. The highest BCUT2D eigenvalue weighted by atomic mass is 32.1. The smallest absolute Gasteiger partial charge is 0.136 e. The Bertz CT molecular complexity index is 439. The molecular weight excluding hydrogens is 198 g/mol. The van der Waals surface area contributed by atoms with E-state index in [4.69, 9.17) is 10.6 Å². The third-order valence-corrected chi connectivity index (χ3v) is 3.06. The maximum absolute atomic E-state index is 5.26. The molecule has 0 atom stereocenters. The molecule has 74 valence electrons. The summed E-state index contributed by atoms with van der Waals surface area (Å²) in [5, 5.41) is 3.19. The molecule has 4 heteroatoms. The van der Waals surface area contributed by atoms with Crippen LogP contribution in [0.25, 0.3) is 10.1 Å². The van der Waals surface area contributed by atoms with Crippen LogP contribution in [-0.2, 0) is 11.4 Å². The zero-order chi connectivity index (χ0) is 9.97. The Morgan fingerprint density at radius 3 is 2.93 bits per heavy atom. The van der Waals surface area contributed by atoms with Gasteiger partial charge in [-0.15, -0.1) is 11.3 Å². The van der Waals surface area contributed by atoms with E-state index in [0.717, 1.165) is 21.4 Å². The van der Waals surface area contributed by atoms with Crippen molar-refractivity contribution in [2.75, 3.05) is 7.11 Å². The van der Waals surface area contributed by atoms with Crippen LogP contribution in [0.1, 0.15) is 5.56 Å². The number of methoxy groups -OCH3 is 1. The highest BCUT2D eigenvalue weighted by Gasteiger charge is 2.07. The van der Waals surface area contributed by atoms with Gasteiger partial charge in [-0.1, -0.05) is 6.07 Å². The summed E-state index contributed by atoms with van der Waals surface area (Å²) in [6, 6.07) is 5.96. The predicted molar refractivity (Wildman–Crippen MR) is 57.4 cm³/mol. The van der Waals surface area contributed by atoms with E-state index in [2.05, 4.69) is 10.9 Å². The van der Waals surface area contributed by atoms with Crippen LogP contribution in [-0.4, -0.2) is 7.11 Å². The molecule has 1 aromatic carbocycles. The molecule has 0 aliphatic rings. The Morgan fingerprint density at radius 2 is 2.21 bits per heavy atom. The minimum absolute atomic E-state index is 0.428. The molecule has 0 spiro atoms. The average molecular weight is 209 g/mol. The predicted octanol–water partition coefficient (Wildman–Crippen LogP) is 2.30. The minimum atomic E-state index is 0.428. The SMILES string of the molecule is COc1ccc(CON)c2ccsc12. The fraction of sp³-hybridized carbons (Fsp3) is 0.200. The Labute approximate surface area is 86.0 Å².